The molecule has 0 bridgehead atoms. The molecule has 1 saturated heterocycles. The van der Waals surface area contributed by atoms with Gasteiger partial charge in [-0.05, 0) is 12.8 Å². The second-order valence-electron chi connectivity index (χ2n) is 5.51. The zero-order valence-corrected chi connectivity index (χ0v) is 12.6. The number of aliphatic hydroxyl groups is 1. The van der Waals surface area contributed by atoms with Crippen LogP contribution in [0.1, 0.15) is 19.8 Å². The van der Waals surface area contributed by atoms with Crippen molar-refractivity contribution in [2.75, 3.05) is 24.6 Å². The summed E-state index contributed by atoms with van der Waals surface area (Å²) in [6.07, 6.45) is 5.24. The molecule has 0 spiro atoms. The minimum Gasteiger partial charge on any atom is -0.394 e. The number of carbonyl (C=O) groups is 1. The average Bonchev–Trinajstić information content (AvgIpc) is 2.90. The fraction of sp³-hybridized carbons (Fsp3) is 0.571. The highest BCUT2D eigenvalue weighted by molar-refractivity contribution is 5.86. The highest BCUT2D eigenvalue weighted by atomic mass is 16.3. The molecule has 0 aromatic carbocycles. The second-order valence-corrected chi connectivity index (χ2v) is 5.51. The third kappa shape index (κ3) is 2.87. The van der Waals surface area contributed by atoms with E-state index in [4.69, 9.17) is 5.11 Å². The van der Waals surface area contributed by atoms with Crippen LogP contribution in [-0.4, -0.2) is 56.5 Å². The van der Waals surface area contributed by atoms with Crippen molar-refractivity contribution in [3.63, 3.8) is 0 Å². The first-order chi connectivity index (χ1) is 10.7. The van der Waals surface area contributed by atoms with Gasteiger partial charge in [0.15, 0.2) is 5.65 Å². The minimum absolute atomic E-state index is 0.00421. The molecule has 0 aliphatic carbocycles. The summed E-state index contributed by atoms with van der Waals surface area (Å²) in [5.41, 5.74) is 0.723. The largest absolute Gasteiger partial charge is 0.394 e. The maximum Gasteiger partial charge on any atom is 0.217 e. The molecule has 8 heteroatoms. The van der Waals surface area contributed by atoms with E-state index in [0.29, 0.717) is 6.54 Å². The first-order valence-electron chi connectivity index (χ1n) is 7.48. The predicted octanol–water partition coefficient (Wildman–Crippen LogP) is -0.0765. The molecule has 22 heavy (non-hydrogen) atoms. The molecule has 2 aromatic heterocycles. The third-order valence-corrected chi connectivity index (χ3v) is 3.85. The maximum atomic E-state index is 11.3. The molecule has 3 rings (SSSR count). The van der Waals surface area contributed by atoms with Crippen molar-refractivity contribution in [3.05, 3.63) is 12.5 Å². The van der Waals surface area contributed by atoms with Gasteiger partial charge < -0.3 is 15.3 Å². The lowest BCUT2D eigenvalue weighted by Crippen LogP contribution is -2.47. The lowest BCUT2D eigenvalue weighted by Gasteiger charge is -2.33. The number of carbonyl (C=O) groups excluding carboxylic acids is 1. The fourth-order valence-electron chi connectivity index (χ4n) is 2.97. The van der Waals surface area contributed by atoms with Gasteiger partial charge in [-0.3, -0.25) is 4.79 Å². The van der Waals surface area contributed by atoms with Crippen molar-refractivity contribution in [3.8, 4) is 0 Å². The topological polar surface area (TPSA) is 96.2 Å². The zero-order chi connectivity index (χ0) is 15.5. The molecular formula is C14H20N6O2. The summed E-state index contributed by atoms with van der Waals surface area (Å²) < 4.78 is 1.68. The third-order valence-electron chi connectivity index (χ3n) is 3.85. The van der Waals surface area contributed by atoms with Crippen LogP contribution in [0.3, 0.4) is 0 Å². The Morgan fingerprint density at radius 2 is 2.36 bits per heavy atom. The molecule has 3 heterocycles. The van der Waals surface area contributed by atoms with Gasteiger partial charge in [-0.25, -0.2) is 14.6 Å². The smallest absolute Gasteiger partial charge is 0.217 e. The molecule has 1 aliphatic heterocycles. The normalized spacial score (nSPS) is 18.6. The minimum atomic E-state index is -0.00421. The van der Waals surface area contributed by atoms with Crippen LogP contribution < -0.4 is 10.2 Å². The molecule has 1 amide bonds. The Hall–Kier alpha value is -2.22. The SMILES string of the molecule is CC(=O)N[C@@H]1CCCN(c2ncnc3c2cnn3CCO)C1. The van der Waals surface area contributed by atoms with Gasteiger partial charge in [0.1, 0.15) is 12.1 Å². The Bertz CT molecular complexity index is 670. The Morgan fingerprint density at radius 3 is 3.14 bits per heavy atom. The van der Waals surface area contributed by atoms with Crippen molar-refractivity contribution in [2.24, 2.45) is 0 Å². The molecule has 118 valence electrons. The lowest BCUT2D eigenvalue weighted by molar-refractivity contribution is -0.119. The molecule has 0 saturated carbocycles. The number of aliphatic hydroxyl groups excluding tert-OH is 1. The van der Waals surface area contributed by atoms with E-state index in [0.717, 1.165) is 42.8 Å². The van der Waals surface area contributed by atoms with E-state index >= 15 is 0 Å². The van der Waals surface area contributed by atoms with Gasteiger partial charge in [0.25, 0.3) is 0 Å². The predicted molar refractivity (Wildman–Crippen MR) is 81.5 cm³/mol. The second kappa shape index (κ2) is 6.27. The van der Waals surface area contributed by atoms with Gasteiger partial charge in [-0.2, -0.15) is 5.10 Å². The van der Waals surface area contributed by atoms with Gasteiger partial charge in [0.05, 0.1) is 24.7 Å². The molecule has 1 fully saturated rings. The Balaban J connectivity index is 1.87. The quantitative estimate of drug-likeness (QED) is 0.820. The molecule has 1 atom stereocenters. The van der Waals surface area contributed by atoms with Gasteiger partial charge in [-0.1, -0.05) is 0 Å². The number of hydrogen-bond acceptors (Lipinski definition) is 6. The summed E-state index contributed by atoms with van der Waals surface area (Å²) in [4.78, 5) is 22.1. The number of anilines is 1. The number of amides is 1. The van der Waals surface area contributed by atoms with Gasteiger partial charge in [0.2, 0.25) is 5.91 Å². The maximum absolute atomic E-state index is 11.3. The van der Waals surface area contributed by atoms with Crippen LogP contribution in [-0.2, 0) is 11.3 Å². The number of nitrogens with zero attached hydrogens (tertiary/aromatic N) is 5. The van der Waals surface area contributed by atoms with Crippen LogP contribution in [0.4, 0.5) is 5.82 Å². The number of piperidine rings is 1. The first-order valence-corrected chi connectivity index (χ1v) is 7.48. The van der Waals surface area contributed by atoms with E-state index in [1.54, 1.807) is 17.8 Å². The van der Waals surface area contributed by atoms with E-state index in [1.165, 1.54) is 6.33 Å². The van der Waals surface area contributed by atoms with Crippen LogP contribution in [0.5, 0.6) is 0 Å². The Labute approximate surface area is 128 Å². The molecule has 8 nitrogen and oxygen atoms in total. The van der Waals surface area contributed by atoms with E-state index in [-0.39, 0.29) is 18.6 Å². The van der Waals surface area contributed by atoms with Crippen molar-refractivity contribution >= 4 is 22.8 Å². The Morgan fingerprint density at radius 1 is 1.50 bits per heavy atom. The van der Waals surface area contributed by atoms with Crippen LogP contribution in [0.2, 0.25) is 0 Å². The summed E-state index contributed by atoms with van der Waals surface area (Å²) in [5.74, 6) is 0.833. The average molecular weight is 304 g/mol. The number of nitrogens with one attached hydrogen (secondary N) is 1. The molecule has 2 aromatic rings. The number of rotatable bonds is 4. The zero-order valence-electron chi connectivity index (χ0n) is 12.6. The van der Waals surface area contributed by atoms with Crippen LogP contribution in [0, 0.1) is 0 Å². The number of fused-ring (bicyclic) bond motifs is 1. The van der Waals surface area contributed by atoms with Crippen molar-refractivity contribution in [1.82, 2.24) is 25.1 Å². The molecule has 1 aliphatic rings. The van der Waals surface area contributed by atoms with Crippen molar-refractivity contribution in [2.45, 2.75) is 32.4 Å². The summed E-state index contributed by atoms with van der Waals surface area (Å²) in [5, 5.41) is 17.2. The van der Waals surface area contributed by atoms with Crippen LogP contribution >= 0.6 is 0 Å². The molecule has 0 unspecified atom stereocenters. The van der Waals surface area contributed by atoms with E-state index in [9.17, 15) is 4.79 Å². The highest BCUT2D eigenvalue weighted by Crippen LogP contribution is 2.25. The fourth-order valence-corrected chi connectivity index (χ4v) is 2.97. The molecule has 0 radical (unpaired) electrons. The van der Waals surface area contributed by atoms with Crippen LogP contribution in [0.15, 0.2) is 12.5 Å². The molecular weight excluding hydrogens is 284 g/mol. The van der Waals surface area contributed by atoms with Crippen LogP contribution in [0.25, 0.3) is 11.0 Å². The summed E-state index contributed by atoms with van der Waals surface area (Å²) in [6.45, 7) is 3.60. The molecule has 2 N–H and O–H groups in total. The van der Waals surface area contributed by atoms with Gasteiger partial charge in [-0.15, -0.1) is 0 Å². The summed E-state index contributed by atoms with van der Waals surface area (Å²) in [6, 6.07) is 0.142. The van der Waals surface area contributed by atoms with Gasteiger partial charge in [0, 0.05) is 26.1 Å². The number of hydrogen-bond donors (Lipinski definition) is 2. The summed E-state index contributed by atoms with van der Waals surface area (Å²) in [7, 11) is 0. The highest BCUT2D eigenvalue weighted by Gasteiger charge is 2.23. The number of aromatic nitrogens is 4. The van der Waals surface area contributed by atoms with Crippen molar-refractivity contribution < 1.29 is 9.90 Å². The summed E-state index contributed by atoms with van der Waals surface area (Å²) >= 11 is 0. The van der Waals surface area contributed by atoms with Crippen molar-refractivity contribution in [1.29, 1.82) is 0 Å². The lowest BCUT2D eigenvalue weighted by atomic mass is 10.1. The standard InChI is InChI=1S/C14H20N6O2/c1-10(22)18-11-3-2-4-19(8-11)13-12-7-17-20(5-6-21)14(12)16-9-15-13/h7,9,11,21H,2-6,8H2,1H3,(H,18,22)/t11-/m1/s1. The van der Waals surface area contributed by atoms with E-state index < -0.39 is 0 Å². The first kappa shape index (κ1) is 14.7. The van der Waals surface area contributed by atoms with E-state index in [1.807, 2.05) is 0 Å². The van der Waals surface area contributed by atoms with E-state index in [2.05, 4.69) is 25.3 Å². The van der Waals surface area contributed by atoms with Gasteiger partial charge >= 0.3 is 0 Å². The monoisotopic (exact) mass is 304 g/mol. The Kier molecular flexibility index (Phi) is 4.19.